The van der Waals surface area contributed by atoms with Crippen molar-refractivity contribution in [2.75, 3.05) is 13.6 Å². The highest BCUT2D eigenvalue weighted by Gasteiger charge is 2.22. The Bertz CT molecular complexity index is 367. The molecule has 4 heteroatoms. The maximum atomic E-state index is 12.0. The summed E-state index contributed by atoms with van der Waals surface area (Å²) in [5.41, 5.74) is 6.93. The van der Waals surface area contributed by atoms with Gasteiger partial charge in [0.15, 0.2) is 0 Å². The first-order valence-electron chi connectivity index (χ1n) is 6.46. The third-order valence-electron chi connectivity index (χ3n) is 3.35. The number of carbonyl (C=O) groups excluding carboxylic acids is 1. The fourth-order valence-electron chi connectivity index (χ4n) is 1.69. The molecule has 0 aliphatic carbocycles. The SMILES string of the molecule is CCC(C)[C@H](N)C(=O)N(C)CCc1ccccn1. The molecule has 0 saturated heterocycles. The Morgan fingerprint density at radius 2 is 2.22 bits per heavy atom. The predicted octanol–water partition coefficient (Wildman–Crippen LogP) is 1.46. The third kappa shape index (κ3) is 4.11. The Balaban J connectivity index is 2.45. The van der Waals surface area contributed by atoms with Gasteiger partial charge in [-0.05, 0) is 18.1 Å². The summed E-state index contributed by atoms with van der Waals surface area (Å²) in [6.45, 7) is 4.71. The lowest BCUT2D eigenvalue weighted by molar-refractivity contribution is -0.132. The summed E-state index contributed by atoms with van der Waals surface area (Å²) in [4.78, 5) is 18.0. The number of pyridine rings is 1. The van der Waals surface area contributed by atoms with E-state index in [0.29, 0.717) is 6.54 Å². The molecule has 1 heterocycles. The largest absolute Gasteiger partial charge is 0.344 e. The molecule has 4 nitrogen and oxygen atoms in total. The summed E-state index contributed by atoms with van der Waals surface area (Å²) >= 11 is 0. The monoisotopic (exact) mass is 249 g/mol. The van der Waals surface area contributed by atoms with Crippen LogP contribution in [0.25, 0.3) is 0 Å². The molecular weight excluding hydrogens is 226 g/mol. The smallest absolute Gasteiger partial charge is 0.239 e. The van der Waals surface area contributed by atoms with E-state index in [4.69, 9.17) is 5.73 Å². The molecule has 1 aromatic heterocycles. The van der Waals surface area contributed by atoms with Crippen LogP contribution in [0.15, 0.2) is 24.4 Å². The molecule has 2 N–H and O–H groups in total. The number of nitrogens with two attached hydrogens (primary N) is 1. The van der Waals surface area contributed by atoms with Crippen molar-refractivity contribution in [2.24, 2.45) is 11.7 Å². The van der Waals surface area contributed by atoms with Gasteiger partial charge in [-0.15, -0.1) is 0 Å². The van der Waals surface area contributed by atoms with Gasteiger partial charge in [0.1, 0.15) is 0 Å². The summed E-state index contributed by atoms with van der Waals surface area (Å²) < 4.78 is 0. The normalized spacial score (nSPS) is 14.0. The van der Waals surface area contributed by atoms with E-state index in [2.05, 4.69) is 4.98 Å². The van der Waals surface area contributed by atoms with Crippen molar-refractivity contribution in [3.8, 4) is 0 Å². The number of nitrogens with zero attached hydrogens (tertiary/aromatic N) is 2. The first kappa shape index (κ1) is 14.6. The highest BCUT2D eigenvalue weighted by molar-refractivity contribution is 5.81. The van der Waals surface area contributed by atoms with Gasteiger partial charge in [-0.1, -0.05) is 26.3 Å². The number of rotatable bonds is 6. The number of hydrogen-bond donors (Lipinski definition) is 1. The van der Waals surface area contributed by atoms with Crippen LogP contribution in [0.2, 0.25) is 0 Å². The van der Waals surface area contributed by atoms with Crippen molar-refractivity contribution in [1.29, 1.82) is 0 Å². The number of aromatic nitrogens is 1. The highest BCUT2D eigenvalue weighted by atomic mass is 16.2. The maximum absolute atomic E-state index is 12.0. The Labute approximate surface area is 109 Å². The molecule has 2 atom stereocenters. The van der Waals surface area contributed by atoms with Gasteiger partial charge in [0.25, 0.3) is 0 Å². The molecule has 1 rings (SSSR count). The Morgan fingerprint density at radius 3 is 2.78 bits per heavy atom. The Morgan fingerprint density at radius 1 is 1.50 bits per heavy atom. The van der Waals surface area contributed by atoms with Crippen LogP contribution in [-0.2, 0) is 11.2 Å². The van der Waals surface area contributed by atoms with Crippen LogP contribution in [0.1, 0.15) is 26.0 Å². The van der Waals surface area contributed by atoms with E-state index >= 15 is 0 Å². The van der Waals surface area contributed by atoms with Gasteiger partial charge in [-0.25, -0.2) is 0 Å². The van der Waals surface area contributed by atoms with Crippen LogP contribution in [0, 0.1) is 5.92 Å². The van der Waals surface area contributed by atoms with E-state index in [1.54, 1.807) is 18.1 Å². The van der Waals surface area contributed by atoms with Crippen molar-refractivity contribution in [3.05, 3.63) is 30.1 Å². The molecule has 18 heavy (non-hydrogen) atoms. The number of hydrogen-bond acceptors (Lipinski definition) is 3. The summed E-state index contributed by atoms with van der Waals surface area (Å²) in [6.07, 6.45) is 3.44. The second-order valence-corrected chi connectivity index (χ2v) is 4.74. The third-order valence-corrected chi connectivity index (χ3v) is 3.35. The van der Waals surface area contributed by atoms with Gasteiger partial charge < -0.3 is 10.6 Å². The first-order chi connectivity index (χ1) is 8.56. The quantitative estimate of drug-likeness (QED) is 0.830. The maximum Gasteiger partial charge on any atom is 0.239 e. The van der Waals surface area contributed by atoms with Crippen LogP contribution in [0.4, 0.5) is 0 Å². The minimum absolute atomic E-state index is 0.0141. The van der Waals surface area contributed by atoms with Gasteiger partial charge in [0, 0.05) is 31.9 Å². The fraction of sp³-hybridized carbons (Fsp3) is 0.571. The van der Waals surface area contributed by atoms with Crippen molar-refractivity contribution < 1.29 is 4.79 Å². The summed E-state index contributed by atoms with van der Waals surface area (Å²) in [6, 6.07) is 5.41. The number of carbonyl (C=O) groups is 1. The molecule has 1 aromatic rings. The topological polar surface area (TPSA) is 59.2 Å². The minimum Gasteiger partial charge on any atom is -0.344 e. The number of likely N-dealkylation sites (N-methyl/N-ethyl adjacent to an activating group) is 1. The minimum atomic E-state index is -0.399. The molecule has 1 amide bonds. The number of amides is 1. The lowest BCUT2D eigenvalue weighted by Crippen LogP contribution is -2.46. The summed E-state index contributed by atoms with van der Waals surface area (Å²) in [5, 5.41) is 0. The first-order valence-corrected chi connectivity index (χ1v) is 6.46. The van der Waals surface area contributed by atoms with E-state index in [9.17, 15) is 4.79 Å². The van der Waals surface area contributed by atoms with Gasteiger partial charge in [-0.2, -0.15) is 0 Å². The van der Waals surface area contributed by atoms with Crippen molar-refractivity contribution in [2.45, 2.75) is 32.7 Å². The second-order valence-electron chi connectivity index (χ2n) is 4.74. The Hall–Kier alpha value is -1.42. The van der Waals surface area contributed by atoms with Crippen LogP contribution >= 0.6 is 0 Å². The van der Waals surface area contributed by atoms with E-state index < -0.39 is 6.04 Å². The molecule has 0 radical (unpaired) electrons. The van der Waals surface area contributed by atoms with Gasteiger partial charge >= 0.3 is 0 Å². The molecule has 0 bridgehead atoms. The van der Waals surface area contributed by atoms with Crippen molar-refractivity contribution in [1.82, 2.24) is 9.88 Å². The van der Waals surface area contributed by atoms with E-state index in [-0.39, 0.29) is 11.8 Å². The molecule has 0 aliphatic rings. The molecule has 0 spiro atoms. The van der Waals surface area contributed by atoms with Gasteiger partial charge in [0.2, 0.25) is 5.91 Å². The summed E-state index contributed by atoms with van der Waals surface area (Å²) in [7, 11) is 1.80. The zero-order valence-corrected chi connectivity index (χ0v) is 11.5. The summed E-state index contributed by atoms with van der Waals surface area (Å²) in [5.74, 6) is 0.232. The lowest BCUT2D eigenvalue weighted by atomic mass is 9.99. The van der Waals surface area contributed by atoms with Crippen LogP contribution < -0.4 is 5.73 Å². The highest BCUT2D eigenvalue weighted by Crippen LogP contribution is 2.08. The van der Waals surface area contributed by atoms with E-state index in [1.807, 2.05) is 32.0 Å². The molecule has 0 aromatic carbocycles. The van der Waals surface area contributed by atoms with Gasteiger partial charge in [-0.3, -0.25) is 9.78 Å². The zero-order chi connectivity index (χ0) is 13.5. The van der Waals surface area contributed by atoms with Crippen LogP contribution in [-0.4, -0.2) is 35.4 Å². The average Bonchev–Trinajstić information content (AvgIpc) is 2.43. The predicted molar refractivity (Wildman–Crippen MR) is 73.0 cm³/mol. The second kappa shape index (κ2) is 7.11. The van der Waals surface area contributed by atoms with Crippen LogP contribution in [0.3, 0.4) is 0 Å². The van der Waals surface area contributed by atoms with Crippen LogP contribution in [0.5, 0.6) is 0 Å². The van der Waals surface area contributed by atoms with Crippen molar-refractivity contribution >= 4 is 5.91 Å². The molecule has 0 aliphatic heterocycles. The zero-order valence-electron chi connectivity index (χ0n) is 11.5. The van der Waals surface area contributed by atoms with E-state index in [0.717, 1.165) is 18.5 Å². The van der Waals surface area contributed by atoms with Gasteiger partial charge in [0.05, 0.1) is 6.04 Å². The average molecular weight is 249 g/mol. The van der Waals surface area contributed by atoms with E-state index in [1.165, 1.54) is 0 Å². The molecular formula is C14H23N3O. The molecule has 0 fully saturated rings. The van der Waals surface area contributed by atoms with Crippen molar-refractivity contribution in [3.63, 3.8) is 0 Å². The Kier molecular flexibility index (Phi) is 5.78. The molecule has 100 valence electrons. The fourth-order valence-corrected chi connectivity index (χ4v) is 1.69. The lowest BCUT2D eigenvalue weighted by Gasteiger charge is -2.24. The molecule has 1 unspecified atom stereocenters. The standard InChI is InChI=1S/C14H23N3O/c1-4-11(2)13(15)14(18)17(3)10-8-12-7-5-6-9-16-12/h5-7,9,11,13H,4,8,10,15H2,1-3H3/t11?,13-/m0/s1. The molecule has 0 saturated carbocycles.